The van der Waals surface area contributed by atoms with Gasteiger partial charge in [-0.2, -0.15) is 0 Å². The highest BCUT2D eigenvalue weighted by atomic mass is 79.9. The summed E-state index contributed by atoms with van der Waals surface area (Å²) in [6.45, 7) is 10.5. The van der Waals surface area contributed by atoms with Crippen molar-refractivity contribution in [3.8, 4) is 0 Å². The summed E-state index contributed by atoms with van der Waals surface area (Å²) in [7, 11) is 0. The summed E-state index contributed by atoms with van der Waals surface area (Å²) < 4.78 is 1.04. The smallest absolute Gasteiger partial charge is 0.167 e. The lowest BCUT2D eigenvalue weighted by atomic mass is 9.86. The largest absolute Gasteiger partial charge is 0.294 e. The second-order valence-electron chi connectivity index (χ2n) is 5.73. The molecule has 1 nitrogen and oxygen atoms in total. The third kappa shape index (κ3) is 3.11. The summed E-state index contributed by atoms with van der Waals surface area (Å²) in [5, 5.41) is 0. The second kappa shape index (κ2) is 6.15. The summed E-state index contributed by atoms with van der Waals surface area (Å²) >= 11 is 3.42. The van der Waals surface area contributed by atoms with Gasteiger partial charge in [-0.1, -0.05) is 28.1 Å². The number of carbonyl (C=O) groups excluding carboxylic acids is 1. The highest BCUT2D eigenvalue weighted by Gasteiger charge is 2.18. The molecule has 0 aromatic heterocycles. The zero-order chi connectivity index (χ0) is 15.7. The number of halogens is 1. The molecule has 0 heterocycles. The van der Waals surface area contributed by atoms with Gasteiger partial charge in [0.15, 0.2) is 5.78 Å². The lowest BCUT2D eigenvalue weighted by Gasteiger charge is -2.18. The summed E-state index contributed by atoms with van der Waals surface area (Å²) in [5.41, 5.74) is 7.96. The van der Waals surface area contributed by atoms with E-state index in [1.165, 1.54) is 16.7 Å². The van der Waals surface area contributed by atoms with Gasteiger partial charge >= 0.3 is 0 Å². The van der Waals surface area contributed by atoms with Crippen LogP contribution >= 0.6 is 15.9 Å². The van der Waals surface area contributed by atoms with Crippen molar-refractivity contribution in [1.82, 2.24) is 0 Å². The Hall–Kier alpha value is -1.41. The number of hydrogen-bond donors (Lipinski definition) is 0. The third-order valence-corrected chi connectivity index (χ3v) is 5.09. The van der Waals surface area contributed by atoms with Crippen molar-refractivity contribution < 1.29 is 4.79 Å². The van der Waals surface area contributed by atoms with Crippen LogP contribution in [-0.4, -0.2) is 5.78 Å². The highest BCUT2D eigenvalue weighted by Crippen LogP contribution is 2.27. The van der Waals surface area contributed by atoms with Gasteiger partial charge in [-0.15, -0.1) is 0 Å². The topological polar surface area (TPSA) is 17.1 Å². The van der Waals surface area contributed by atoms with E-state index in [9.17, 15) is 4.79 Å². The van der Waals surface area contributed by atoms with Crippen molar-refractivity contribution in [1.29, 1.82) is 0 Å². The molecule has 0 atom stereocenters. The molecule has 0 N–H and O–H groups in total. The van der Waals surface area contributed by atoms with Gasteiger partial charge in [0.05, 0.1) is 0 Å². The van der Waals surface area contributed by atoms with Crippen LogP contribution in [0.1, 0.15) is 43.7 Å². The Morgan fingerprint density at radius 2 is 1.24 bits per heavy atom. The fraction of sp³-hybridized carbons (Fsp3) is 0.316. The standard InChI is InChI=1S/C19H21BrO/c1-11-12(2)14(4)19(15(5)13(11)3)18(21)10-16-6-8-17(20)9-7-16/h6-9H,10H2,1-5H3. The van der Waals surface area contributed by atoms with Gasteiger partial charge in [-0.05, 0) is 80.1 Å². The van der Waals surface area contributed by atoms with Gasteiger partial charge in [0, 0.05) is 16.5 Å². The monoisotopic (exact) mass is 344 g/mol. The van der Waals surface area contributed by atoms with Crippen molar-refractivity contribution in [2.24, 2.45) is 0 Å². The fourth-order valence-corrected chi connectivity index (χ4v) is 3.06. The van der Waals surface area contributed by atoms with Crippen LogP contribution in [0.2, 0.25) is 0 Å². The van der Waals surface area contributed by atoms with Crippen LogP contribution < -0.4 is 0 Å². The van der Waals surface area contributed by atoms with Gasteiger partial charge < -0.3 is 0 Å². The van der Waals surface area contributed by atoms with Gasteiger partial charge in [-0.3, -0.25) is 4.79 Å². The number of ketones is 1. The number of carbonyl (C=O) groups is 1. The van der Waals surface area contributed by atoms with Crippen molar-refractivity contribution in [3.05, 3.63) is 67.7 Å². The Morgan fingerprint density at radius 3 is 1.71 bits per heavy atom. The van der Waals surface area contributed by atoms with Crippen LogP contribution in [0, 0.1) is 34.6 Å². The maximum absolute atomic E-state index is 12.7. The minimum Gasteiger partial charge on any atom is -0.294 e. The van der Waals surface area contributed by atoms with E-state index in [2.05, 4.69) is 50.5 Å². The van der Waals surface area contributed by atoms with E-state index in [-0.39, 0.29) is 5.78 Å². The predicted octanol–water partition coefficient (Wildman–Crippen LogP) is 5.42. The van der Waals surface area contributed by atoms with Crippen LogP contribution in [0.25, 0.3) is 0 Å². The average Bonchev–Trinajstić information content (AvgIpc) is 2.46. The van der Waals surface area contributed by atoms with Gasteiger partial charge in [0.25, 0.3) is 0 Å². The molecule has 0 bridgehead atoms. The van der Waals surface area contributed by atoms with Gasteiger partial charge in [0.1, 0.15) is 0 Å². The number of rotatable bonds is 3. The Labute approximate surface area is 135 Å². The van der Waals surface area contributed by atoms with Crippen LogP contribution in [0.5, 0.6) is 0 Å². The minimum atomic E-state index is 0.207. The van der Waals surface area contributed by atoms with E-state index in [1.807, 2.05) is 24.3 Å². The Balaban J connectivity index is 2.42. The molecule has 0 spiro atoms. The zero-order valence-corrected chi connectivity index (χ0v) is 14.9. The quantitative estimate of drug-likeness (QED) is 0.679. The lowest BCUT2D eigenvalue weighted by Crippen LogP contribution is -2.11. The average molecular weight is 345 g/mol. The lowest BCUT2D eigenvalue weighted by molar-refractivity contribution is 0.0991. The van der Waals surface area contributed by atoms with Crippen LogP contribution in [-0.2, 0) is 6.42 Å². The maximum Gasteiger partial charge on any atom is 0.167 e. The molecule has 21 heavy (non-hydrogen) atoms. The fourth-order valence-electron chi connectivity index (χ4n) is 2.79. The first-order chi connectivity index (χ1) is 9.82. The molecule has 110 valence electrons. The first kappa shape index (κ1) is 16.0. The number of hydrogen-bond acceptors (Lipinski definition) is 1. The zero-order valence-electron chi connectivity index (χ0n) is 13.3. The van der Waals surface area contributed by atoms with E-state index in [0.29, 0.717) is 6.42 Å². The van der Waals surface area contributed by atoms with Crippen molar-refractivity contribution in [2.45, 2.75) is 41.0 Å². The van der Waals surface area contributed by atoms with E-state index < -0.39 is 0 Å². The predicted molar refractivity (Wildman–Crippen MR) is 92.3 cm³/mol. The van der Waals surface area contributed by atoms with Crippen molar-refractivity contribution in [2.75, 3.05) is 0 Å². The molecule has 0 unspecified atom stereocenters. The summed E-state index contributed by atoms with van der Waals surface area (Å²) in [6, 6.07) is 7.96. The molecule has 2 rings (SSSR count). The molecular formula is C19H21BrO. The van der Waals surface area contributed by atoms with E-state index in [1.54, 1.807) is 0 Å². The molecule has 2 heteroatoms. The Kier molecular flexibility index (Phi) is 4.67. The first-order valence-corrected chi connectivity index (χ1v) is 7.96. The van der Waals surface area contributed by atoms with Crippen LogP contribution in [0.15, 0.2) is 28.7 Å². The van der Waals surface area contributed by atoms with Crippen molar-refractivity contribution in [3.63, 3.8) is 0 Å². The molecule has 0 aliphatic carbocycles. The van der Waals surface area contributed by atoms with E-state index >= 15 is 0 Å². The van der Waals surface area contributed by atoms with E-state index in [0.717, 1.165) is 26.7 Å². The molecule has 0 radical (unpaired) electrons. The van der Waals surface area contributed by atoms with Crippen LogP contribution in [0.4, 0.5) is 0 Å². The second-order valence-corrected chi connectivity index (χ2v) is 6.64. The summed E-state index contributed by atoms with van der Waals surface area (Å²) in [5.74, 6) is 0.207. The van der Waals surface area contributed by atoms with E-state index in [4.69, 9.17) is 0 Å². The van der Waals surface area contributed by atoms with Crippen LogP contribution in [0.3, 0.4) is 0 Å². The first-order valence-electron chi connectivity index (χ1n) is 7.17. The number of benzene rings is 2. The highest BCUT2D eigenvalue weighted by molar-refractivity contribution is 9.10. The molecular weight excluding hydrogens is 324 g/mol. The molecule has 0 aliphatic heterocycles. The molecule has 0 aliphatic rings. The molecule has 0 amide bonds. The maximum atomic E-state index is 12.7. The normalized spacial score (nSPS) is 10.8. The van der Waals surface area contributed by atoms with Crippen molar-refractivity contribution >= 4 is 21.7 Å². The summed E-state index contributed by atoms with van der Waals surface area (Å²) in [4.78, 5) is 12.7. The molecule has 2 aromatic rings. The van der Waals surface area contributed by atoms with Gasteiger partial charge in [0.2, 0.25) is 0 Å². The molecule has 2 aromatic carbocycles. The Morgan fingerprint density at radius 1 is 0.810 bits per heavy atom. The SMILES string of the molecule is Cc1c(C)c(C)c(C(=O)Cc2ccc(Br)cc2)c(C)c1C. The Bertz CT molecular complexity index is 667. The van der Waals surface area contributed by atoms with Gasteiger partial charge in [-0.25, -0.2) is 0 Å². The third-order valence-electron chi connectivity index (χ3n) is 4.56. The minimum absolute atomic E-state index is 0.207. The molecule has 0 fully saturated rings. The molecule has 0 saturated heterocycles. The summed E-state index contributed by atoms with van der Waals surface area (Å²) in [6.07, 6.45) is 0.455. The molecule has 0 saturated carbocycles. The number of Topliss-reactive ketones (excluding diaryl/α,β-unsaturated/α-hetero) is 1.